The van der Waals surface area contributed by atoms with Gasteiger partial charge in [0.2, 0.25) is 0 Å². The molecule has 3 rings (SSSR count). The van der Waals surface area contributed by atoms with E-state index in [2.05, 4.69) is 31.0 Å². The molecule has 1 fully saturated rings. The van der Waals surface area contributed by atoms with Crippen LogP contribution in [0.15, 0.2) is 15.5 Å². The van der Waals surface area contributed by atoms with Crippen LogP contribution in [0.2, 0.25) is 0 Å². The molecule has 100 valence electrons. The van der Waals surface area contributed by atoms with Crippen LogP contribution in [-0.4, -0.2) is 19.7 Å². The number of aryl methyl sites for hydroxylation is 2. The van der Waals surface area contributed by atoms with Crippen molar-refractivity contribution in [2.24, 2.45) is 7.05 Å². The Morgan fingerprint density at radius 3 is 2.89 bits per heavy atom. The average Bonchev–Trinajstić information content (AvgIpc) is 3.15. The highest BCUT2D eigenvalue weighted by Crippen LogP contribution is 2.41. The van der Waals surface area contributed by atoms with Gasteiger partial charge in [0.15, 0.2) is 0 Å². The van der Waals surface area contributed by atoms with Crippen molar-refractivity contribution in [2.75, 3.05) is 0 Å². The monoisotopic (exact) mass is 322 g/mol. The first kappa shape index (κ1) is 12.6. The normalized spacial score (nSPS) is 14.9. The van der Waals surface area contributed by atoms with E-state index in [1.54, 1.807) is 4.68 Å². The molecule has 0 spiro atoms. The maximum absolute atomic E-state index is 12.0. The topological polar surface area (TPSA) is 63.6 Å². The lowest BCUT2D eigenvalue weighted by molar-refractivity contribution is 0.746. The molecule has 0 aliphatic heterocycles. The van der Waals surface area contributed by atoms with E-state index in [1.165, 1.54) is 0 Å². The lowest BCUT2D eigenvalue weighted by Crippen LogP contribution is -2.13. The van der Waals surface area contributed by atoms with Crippen molar-refractivity contribution in [2.45, 2.75) is 32.1 Å². The molecule has 1 aliphatic carbocycles. The summed E-state index contributed by atoms with van der Waals surface area (Å²) < 4.78 is 2.33. The highest BCUT2D eigenvalue weighted by atomic mass is 79.9. The highest BCUT2D eigenvalue weighted by Gasteiger charge is 2.29. The maximum Gasteiger partial charge on any atom is 0.265 e. The number of nitrogens with zero attached hydrogens (tertiary/aromatic N) is 3. The van der Waals surface area contributed by atoms with E-state index in [9.17, 15) is 4.79 Å². The zero-order chi connectivity index (χ0) is 13.6. The van der Waals surface area contributed by atoms with Gasteiger partial charge in [-0.25, -0.2) is 4.98 Å². The number of aromatic amines is 1. The minimum Gasteiger partial charge on any atom is -0.305 e. The summed E-state index contributed by atoms with van der Waals surface area (Å²) in [4.78, 5) is 19.5. The van der Waals surface area contributed by atoms with E-state index in [-0.39, 0.29) is 5.56 Å². The van der Waals surface area contributed by atoms with Crippen LogP contribution < -0.4 is 5.56 Å². The third-order valence-corrected chi connectivity index (χ3v) is 4.11. The summed E-state index contributed by atoms with van der Waals surface area (Å²) in [6.07, 6.45) is 4.95. The van der Waals surface area contributed by atoms with Crippen molar-refractivity contribution in [3.05, 3.63) is 32.4 Å². The lowest BCUT2D eigenvalue weighted by Gasteiger charge is -2.05. The molecule has 0 radical (unpaired) electrons. The Labute approximate surface area is 119 Å². The van der Waals surface area contributed by atoms with Crippen molar-refractivity contribution in [1.29, 1.82) is 0 Å². The summed E-state index contributed by atoms with van der Waals surface area (Å²) in [6.45, 7) is 2.05. The van der Waals surface area contributed by atoms with Crippen molar-refractivity contribution < 1.29 is 0 Å². The number of aromatic nitrogens is 4. The largest absolute Gasteiger partial charge is 0.305 e. The predicted molar refractivity (Wildman–Crippen MR) is 76.1 cm³/mol. The summed E-state index contributed by atoms with van der Waals surface area (Å²) >= 11 is 3.34. The molecule has 2 aromatic heterocycles. The number of hydrogen-bond acceptors (Lipinski definition) is 3. The van der Waals surface area contributed by atoms with Crippen LogP contribution in [0.4, 0.5) is 0 Å². The van der Waals surface area contributed by atoms with Gasteiger partial charge in [0.25, 0.3) is 5.56 Å². The number of H-pyrrole nitrogens is 1. The molecule has 0 saturated heterocycles. The van der Waals surface area contributed by atoms with Gasteiger partial charge in [0.05, 0.1) is 17.0 Å². The Morgan fingerprint density at radius 2 is 2.26 bits per heavy atom. The van der Waals surface area contributed by atoms with Crippen LogP contribution in [0.25, 0.3) is 11.4 Å². The molecule has 0 aromatic carbocycles. The Hall–Kier alpha value is -1.43. The molecule has 1 aliphatic rings. The second-order valence-corrected chi connectivity index (χ2v) is 5.70. The summed E-state index contributed by atoms with van der Waals surface area (Å²) in [5.74, 6) is 1.05. The Balaban J connectivity index is 2.17. The number of halogens is 1. The molecule has 2 aromatic rings. The van der Waals surface area contributed by atoms with E-state index in [1.807, 2.05) is 20.2 Å². The van der Waals surface area contributed by atoms with Gasteiger partial charge in [-0.15, -0.1) is 0 Å². The standard InChI is InChI=1S/C13H15BrN4O/c1-3-9-8(6-18(2)17-9)12-15-11(7-4-5-7)10(14)13(19)16-12/h6-7H,3-5H2,1-2H3,(H,15,16,19). The molecule has 6 heteroatoms. The van der Waals surface area contributed by atoms with E-state index >= 15 is 0 Å². The molecule has 1 N–H and O–H groups in total. The summed E-state index contributed by atoms with van der Waals surface area (Å²) in [5, 5.41) is 4.39. The molecule has 19 heavy (non-hydrogen) atoms. The lowest BCUT2D eigenvalue weighted by atomic mass is 10.2. The fourth-order valence-corrected chi connectivity index (χ4v) is 2.74. The van der Waals surface area contributed by atoms with Gasteiger partial charge < -0.3 is 4.98 Å². The third-order valence-electron chi connectivity index (χ3n) is 3.35. The third kappa shape index (κ3) is 2.25. The Morgan fingerprint density at radius 1 is 1.53 bits per heavy atom. The van der Waals surface area contributed by atoms with Crippen LogP contribution in [0, 0.1) is 0 Å². The van der Waals surface area contributed by atoms with Crippen LogP contribution in [0.5, 0.6) is 0 Å². The minimum absolute atomic E-state index is 0.113. The average molecular weight is 323 g/mol. The number of nitrogens with one attached hydrogen (secondary N) is 1. The fraction of sp³-hybridized carbons (Fsp3) is 0.462. The summed E-state index contributed by atoms with van der Waals surface area (Å²) in [5.41, 5.74) is 2.63. The van der Waals surface area contributed by atoms with E-state index in [4.69, 9.17) is 0 Å². The number of hydrogen-bond donors (Lipinski definition) is 1. The smallest absolute Gasteiger partial charge is 0.265 e. The van der Waals surface area contributed by atoms with Gasteiger partial charge in [-0.1, -0.05) is 6.92 Å². The van der Waals surface area contributed by atoms with Crippen molar-refractivity contribution in [3.63, 3.8) is 0 Å². The maximum atomic E-state index is 12.0. The zero-order valence-electron chi connectivity index (χ0n) is 10.9. The number of rotatable bonds is 3. The van der Waals surface area contributed by atoms with Gasteiger partial charge in [0.1, 0.15) is 10.3 Å². The Bertz CT molecular complexity index is 684. The predicted octanol–water partition coefficient (Wildman–Crippen LogP) is 2.37. The fourth-order valence-electron chi connectivity index (χ4n) is 2.22. The second kappa shape index (κ2) is 4.59. The minimum atomic E-state index is -0.113. The van der Waals surface area contributed by atoms with Crippen LogP contribution in [0.3, 0.4) is 0 Å². The second-order valence-electron chi connectivity index (χ2n) is 4.90. The van der Waals surface area contributed by atoms with Gasteiger partial charge in [-0.3, -0.25) is 9.48 Å². The van der Waals surface area contributed by atoms with Crippen LogP contribution in [0.1, 0.15) is 37.1 Å². The molecule has 0 bridgehead atoms. The molecule has 0 atom stereocenters. The molecule has 2 heterocycles. The molecular weight excluding hydrogens is 308 g/mol. The first-order chi connectivity index (χ1) is 9.10. The quantitative estimate of drug-likeness (QED) is 0.943. The molecule has 5 nitrogen and oxygen atoms in total. The Kier molecular flexibility index (Phi) is 3.05. The molecule has 1 saturated carbocycles. The highest BCUT2D eigenvalue weighted by molar-refractivity contribution is 9.10. The van der Waals surface area contributed by atoms with E-state index < -0.39 is 0 Å². The molecule has 0 amide bonds. The van der Waals surface area contributed by atoms with Gasteiger partial charge in [-0.05, 0) is 35.2 Å². The van der Waals surface area contributed by atoms with Gasteiger partial charge in [0, 0.05) is 19.2 Å². The zero-order valence-corrected chi connectivity index (χ0v) is 12.5. The van der Waals surface area contributed by atoms with Gasteiger partial charge >= 0.3 is 0 Å². The summed E-state index contributed by atoms with van der Waals surface area (Å²) in [6, 6.07) is 0. The van der Waals surface area contributed by atoms with Crippen molar-refractivity contribution in [3.8, 4) is 11.4 Å². The van der Waals surface area contributed by atoms with E-state index in [0.717, 1.165) is 36.2 Å². The SMILES string of the molecule is CCc1nn(C)cc1-c1nc(C2CC2)c(Br)c(=O)[nH]1. The first-order valence-electron chi connectivity index (χ1n) is 6.42. The van der Waals surface area contributed by atoms with Crippen molar-refractivity contribution in [1.82, 2.24) is 19.7 Å². The van der Waals surface area contributed by atoms with E-state index in [0.29, 0.717) is 16.2 Å². The van der Waals surface area contributed by atoms with Crippen LogP contribution >= 0.6 is 15.9 Å². The summed E-state index contributed by atoms with van der Waals surface area (Å²) in [7, 11) is 1.88. The molecule has 0 unspecified atom stereocenters. The first-order valence-corrected chi connectivity index (χ1v) is 7.22. The molecular formula is C13H15BrN4O. The van der Waals surface area contributed by atoms with Crippen molar-refractivity contribution >= 4 is 15.9 Å². The van der Waals surface area contributed by atoms with Gasteiger partial charge in [-0.2, -0.15) is 5.10 Å². The van der Waals surface area contributed by atoms with Crippen LogP contribution in [-0.2, 0) is 13.5 Å².